The fraction of sp³-hybridized carbons (Fsp3) is 0.571. The third kappa shape index (κ3) is 3.32. The van der Waals surface area contributed by atoms with Gasteiger partial charge in [0.2, 0.25) is 0 Å². The smallest absolute Gasteiger partial charge is 0.0681 e. The molecule has 88 valence electrons. The lowest BCUT2D eigenvalue weighted by Gasteiger charge is -2.26. The van der Waals surface area contributed by atoms with Crippen molar-refractivity contribution in [2.45, 2.75) is 32.3 Å². The topological polar surface area (TPSA) is 23.5 Å². The lowest BCUT2D eigenvalue weighted by atomic mass is 10.1. The molecule has 2 heteroatoms. The molecule has 1 aliphatic rings. The molecule has 0 bridgehead atoms. The number of hydrogen-bond donors (Lipinski definition) is 1. The fourth-order valence-corrected chi connectivity index (χ4v) is 2.28. The number of piperidine rings is 1. The van der Waals surface area contributed by atoms with E-state index in [4.69, 9.17) is 5.11 Å². The van der Waals surface area contributed by atoms with Gasteiger partial charge in [-0.3, -0.25) is 0 Å². The van der Waals surface area contributed by atoms with E-state index in [0.29, 0.717) is 0 Å². The molecule has 0 radical (unpaired) electrons. The monoisotopic (exact) mass is 219 g/mol. The molecule has 1 fully saturated rings. The molecule has 0 atom stereocenters. The third-order valence-corrected chi connectivity index (χ3v) is 3.37. The van der Waals surface area contributed by atoms with Crippen molar-refractivity contribution in [1.29, 1.82) is 0 Å². The van der Waals surface area contributed by atoms with Crippen LogP contribution in [-0.2, 0) is 13.0 Å². The number of hydrogen-bond acceptors (Lipinski definition) is 2. The van der Waals surface area contributed by atoms with Gasteiger partial charge >= 0.3 is 0 Å². The van der Waals surface area contributed by atoms with Crippen molar-refractivity contribution in [2.75, 3.05) is 19.6 Å². The molecular formula is C14H21NO. The number of nitrogens with zero attached hydrogens (tertiary/aromatic N) is 1. The van der Waals surface area contributed by atoms with Crippen molar-refractivity contribution in [1.82, 2.24) is 4.90 Å². The van der Waals surface area contributed by atoms with Crippen molar-refractivity contribution in [2.24, 2.45) is 0 Å². The SMILES string of the molecule is OCc1ccc(CCN2CCCCC2)cc1. The minimum atomic E-state index is 0.145. The fourth-order valence-electron chi connectivity index (χ4n) is 2.28. The summed E-state index contributed by atoms with van der Waals surface area (Å²) in [5, 5.41) is 8.95. The van der Waals surface area contributed by atoms with Gasteiger partial charge < -0.3 is 10.0 Å². The van der Waals surface area contributed by atoms with E-state index in [9.17, 15) is 0 Å². The first-order valence-corrected chi connectivity index (χ1v) is 6.29. The first-order valence-electron chi connectivity index (χ1n) is 6.29. The van der Waals surface area contributed by atoms with E-state index in [-0.39, 0.29) is 6.61 Å². The van der Waals surface area contributed by atoms with Gasteiger partial charge in [-0.25, -0.2) is 0 Å². The zero-order chi connectivity index (χ0) is 11.2. The summed E-state index contributed by atoms with van der Waals surface area (Å²) in [6, 6.07) is 8.31. The first-order chi connectivity index (χ1) is 7.88. The van der Waals surface area contributed by atoms with Crippen molar-refractivity contribution in [3.63, 3.8) is 0 Å². The molecule has 1 N–H and O–H groups in total. The standard InChI is InChI=1S/C14H21NO/c16-12-14-6-4-13(5-7-14)8-11-15-9-2-1-3-10-15/h4-7,16H,1-3,8-12H2. The van der Waals surface area contributed by atoms with Crippen LogP contribution in [0.4, 0.5) is 0 Å². The van der Waals surface area contributed by atoms with Crippen LogP contribution in [0.3, 0.4) is 0 Å². The highest BCUT2D eigenvalue weighted by atomic mass is 16.3. The van der Waals surface area contributed by atoms with E-state index in [2.05, 4.69) is 17.0 Å². The molecule has 1 aromatic carbocycles. The molecule has 1 aliphatic heterocycles. The Balaban J connectivity index is 1.79. The third-order valence-electron chi connectivity index (χ3n) is 3.37. The van der Waals surface area contributed by atoms with Crippen LogP contribution in [0, 0.1) is 0 Å². The van der Waals surface area contributed by atoms with Crippen molar-refractivity contribution >= 4 is 0 Å². The van der Waals surface area contributed by atoms with E-state index in [0.717, 1.165) is 12.0 Å². The van der Waals surface area contributed by atoms with Gasteiger partial charge in [0, 0.05) is 6.54 Å². The Hall–Kier alpha value is -0.860. The number of rotatable bonds is 4. The highest BCUT2D eigenvalue weighted by molar-refractivity contribution is 5.22. The maximum Gasteiger partial charge on any atom is 0.0681 e. The van der Waals surface area contributed by atoms with E-state index in [1.54, 1.807) is 0 Å². The van der Waals surface area contributed by atoms with E-state index < -0.39 is 0 Å². The molecule has 0 aliphatic carbocycles. The number of aliphatic hydroxyl groups is 1. The molecule has 0 aromatic heterocycles. The second-order valence-electron chi connectivity index (χ2n) is 4.63. The largest absolute Gasteiger partial charge is 0.392 e. The van der Waals surface area contributed by atoms with Crippen molar-refractivity contribution in [3.05, 3.63) is 35.4 Å². The van der Waals surface area contributed by atoms with Gasteiger partial charge in [0.15, 0.2) is 0 Å². The zero-order valence-corrected chi connectivity index (χ0v) is 9.86. The van der Waals surface area contributed by atoms with Crippen LogP contribution in [0.5, 0.6) is 0 Å². The maximum absolute atomic E-state index is 8.95. The molecule has 2 rings (SSSR count). The Labute approximate surface area is 97.9 Å². The summed E-state index contributed by atoms with van der Waals surface area (Å²) >= 11 is 0. The molecular weight excluding hydrogens is 198 g/mol. The van der Waals surface area contributed by atoms with E-state index in [1.807, 2.05) is 12.1 Å². The quantitative estimate of drug-likeness (QED) is 0.839. The summed E-state index contributed by atoms with van der Waals surface area (Å²) in [7, 11) is 0. The summed E-state index contributed by atoms with van der Waals surface area (Å²) in [4.78, 5) is 2.56. The summed E-state index contributed by atoms with van der Waals surface area (Å²) < 4.78 is 0. The van der Waals surface area contributed by atoms with Crippen LogP contribution < -0.4 is 0 Å². The average molecular weight is 219 g/mol. The van der Waals surface area contributed by atoms with E-state index >= 15 is 0 Å². The maximum atomic E-state index is 8.95. The lowest BCUT2D eigenvalue weighted by Crippen LogP contribution is -2.31. The second-order valence-corrected chi connectivity index (χ2v) is 4.63. The first kappa shape index (κ1) is 11.6. The van der Waals surface area contributed by atoms with Crippen molar-refractivity contribution in [3.8, 4) is 0 Å². The number of aliphatic hydroxyl groups excluding tert-OH is 1. The Morgan fingerprint density at radius 3 is 2.19 bits per heavy atom. The molecule has 1 aromatic rings. The molecule has 0 amide bonds. The molecule has 0 unspecified atom stereocenters. The van der Waals surface area contributed by atoms with Gasteiger partial charge in [0.05, 0.1) is 6.61 Å². The van der Waals surface area contributed by atoms with Gasteiger partial charge in [0.1, 0.15) is 0 Å². The molecule has 0 saturated carbocycles. The Bertz CT molecular complexity index is 301. The van der Waals surface area contributed by atoms with Gasteiger partial charge in [-0.1, -0.05) is 30.7 Å². The second kappa shape index (κ2) is 6.02. The van der Waals surface area contributed by atoms with Gasteiger partial charge in [0.25, 0.3) is 0 Å². The average Bonchev–Trinajstić information content (AvgIpc) is 2.38. The summed E-state index contributed by atoms with van der Waals surface area (Å²) in [6.45, 7) is 3.87. The highest BCUT2D eigenvalue weighted by Crippen LogP contribution is 2.10. The normalized spacial score (nSPS) is 17.6. The lowest BCUT2D eigenvalue weighted by molar-refractivity contribution is 0.231. The predicted octanol–water partition coefficient (Wildman–Crippen LogP) is 2.21. The molecule has 1 heterocycles. The number of likely N-dealkylation sites (tertiary alicyclic amines) is 1. The summed E-state index contributed by atoms with van der Waals surface area (Å²) in [5.41, 5.74) is 2.38. The Morgan fingerprint density at radius 2 is 1.56 bits per heavy atom. The zero-order valence-electron chi connectivity index (χ0n) is 9.86. The van der Waals surface area contributed by atoms with Gasteiger partial charge in [-0.05, 0) is 43.5 Å². The van der Waals surface area contributed by atoms with Crippen LogP contribution in [0.15, 0.2) is 24.3 Å². The summed E-state index contributed by atoms with van der Waals surface area (Å²) in [5.74, 6) is 0. The van der Waals surface area contributed by atoms with Crippen molar-refractivity contribution < 1.29 is 5.11 Å². The summed E-state index contributed by atoms with van der Waals surface area (Å²) in [6.07, 6.45) is 5.26. The molecule has 16 heavy (non-hydrogen) atoms. The predicted molar refractivity (Wildman–Crippen MR) is 66.4 cm³/mol. The molecule has 2 nitrogen and oxygen atoms in total. The van der Waals surface area contributed by atoms with Crippen LogP contribution in [0.2, 0.25) is 0 Å². The van der Waals surface area contributed by atoms with Gasteiger partial charge in [-0.15, -0.1) is 0 Å². The van der Waals surface area contributed by atoms with E-state index in [1.165, 1.54) is 44.5 Å². The minimum Gasteiger partial charge on any atom is -0.392 e. The minimum absolute atomic E-state index is 0.145. The number of benzene rings is 1. The van der Waals surface area contributed by atoms with Crippen LogP contribution in [0.1, 0.15) is 30.4 Å². The highest BCUT2D eigenvalue weighted by Gasteiger charge is 2.09. The molecule has 1 saturated heterocycles. The van der Waals surface area contributed by atoms with Gasteiger partial charge in [-0.2, -0.15) is 0 Å². The molecule has 0 spiro atoms. The van der Waals surface area contributed by atoms with Crippen LogP contribution in [-0.4, -0.2) is 29.6 Å². The van der Waals surface area contributed by atoms with Crippen LogP contribution in [0.25, 0.3) is 0 Å². The van der Waals surface area contributed by atoms with Crippen LogP contribution >= 0.6 is 0 Å². The Morgan fingerprint density at radius 1 is 0.938 bits per heavy atom. The Kier molecular flexibility index (Phi) is 4.37.